The van der Waals surface area contributed by atoms with E-state index >= 15 is 0 Å². The van der Waals surface area contributed by atoms with Crippen molar-refractivity contribution in [3.8, 4) is 11.5 Å². The molecule has 2 N–H and O–H groups in total. The number of nitrogens with zero attached hydrogens (tertiary/aromatic N) is 3. The largest absolute Gasteiger partial charge is 0.486 e. The normalized spacial score (nSPS) is 13.2. The molecule has 0 bridgehead atoms. The van der Waals surface area contributed by atoms with Gasteiger partial charge in [-0.05, 0) is 34.9 Å². The molecule has 30 heavy (non-hydrogen) atoms. The first-order valence-corrected chi connectivity index (χ1v) is 10.2. The van der Waals surface area contributed by atoms with Gasteiger partial charge >= 0.3 is 0 Å². The minimum absolute atomic E-state index is 0.517. The molecule has 2 heterocycles. The molecular weight excluding hydrogens is 402 g/mol. The summed E-state index contributed by atoms with van der Waals surface area (Å²) in [5.74, 6) is 2.00. The van der Waals surface area contributed by atoms with E-state index in [0.29, 0.717) is 48.8 Å². The van der Waals surface area contributed by atoms with Crippen LogP contribution in [0, 0.1) is 0 Å². The Morgan fingerprint density at radius 1 is 1.10 bits per heavy atom. The van der Waals surface area contributed by atoms with E-state index in [1.807, 2.05) is 41.2 Å². The molecule has 0 unspecified atom stereocenters. The summed E-state index contributed by atoms with van der Waals surface area (Å²) in [7, 11) is 1.75. The van der Waals surface area contributed by atoms with E-state index in [-0.39, 0.29) is 0 Å². The molecule has 1 aliphatic rings. The lowest BCUT2D eigenvalue weighted by atomic mass is 10.1. The average Bonchev–Trinajstić information content (AvgIpc) is 3.28. The van der Waals surface area contributed by atoms with Crippen LogP contribution in [0.5, 0.6) is 11.5 Å². The fourth-order valence-corrected chi connectivity index (χ4v) is 3.59. The third kappa shape index (κ3) is 4.86. The molecule has 0 radical (unpaired) electrons. The van der Waals surface area contributed by atoms with E-state index < -0.39 is 0 Å². The van der Waals surface area contributed by atoms with Gasteiger partial charge in [-0.15, -0.1) is 0 Å². The Balaban J connectivity index is 1.37. The van der Waals surface area contributed by atoms with Crippen LogP contribution in [0.15, 0.2) is 59.9 Å². The monoisotopic (exact) mass is 425 g/mol. The summed E-state index contributed by atoms with van der Waals surface area (Å²) in [4.78, 5) is 4.32. The average molecular weight is 426 g/mol. The number of aromatic nitrogens is 2. The lowest BCUT2D eigenvalue weighted by molar-refractivity contribution is 0.171. The molecule has 4 rings (SSSR count). The molecule has 0 amide bonds. The highest BCUT2D eigenvalue weighted by atomic mass is 35.5. The highest BCUT2D eigenvalue weighted by molar-refractivity contribution is 6.32. The standard InChI is InChI=1S/C22H24ClN5O2/c1-24-22(25-13-16-11-19(23)21-20(12-16)29-9-10-30-21)26-14-17-5-2-3-6-18(17)15-28-8-4-7-27-28/h2-8,11-12H,9-10,13-15H2,1H3,(H2,24,25,26). The molecule has 8 heteroatoms. The minimum atomic E-state index is 0.517. The number of rotatable bonds is 6. The Bertz CT molecular complexity index is 1020. The predicted molar refractivity (Wildman–Crippen MR) is 117 cm³/mol. The molecule has 0 atom stereocenters. The number of nitrogens with one attached hydrogen (secondary N) is 2. The quantitative estimate of drug-likeness (QED) is 0.468. The predicted octanol–water partition coefficient (Wildman–Crippen LogP) is 3.22. The van der Waals surface area contributed by atoms with Crippen LogP contribution in [-0.4, -0.2) is 36.0 Å². The van der Waals surface area contributed by atoms with Crippen LogP contribution in [0.25, 0.3) is 0 Å². The molecule has 3 aromatic rings. The Morgan fingerprint density at radius 2 is 1.90 bits per heavy atom. The molecule has 1 aromatic heterocycles. The number of benzene rings is 2. The SMILES string of the molecule is CN=C(NCc1cc(Cl)c2c(c1)OCCO2)NCc1ccccc1Cn1cccn1. The number of hydrogen-bond acceptors (Lipinski definition) is 4. The fourth-order valence-electron chi connectivity index (χ4n) is 3.30. The lowest BCUT2D eigenvalue weighted by Gasteiger charge is -2.20. The molecule has 0 saturated heterocycles. The zero-order valence-corrected chi connectivity index (χ0v) is 17.5. The number of halogens is 1. The van der Waals surface area contributed by atoms with Gasteiger partial charge in [0.05, 0.1) is 11.6 Å². The summed E-state index contributed by atoms with van der Waals surface area (Å²) in [5.41, 5.74) is 3.40. The van der Waals surface area contributed by atoms with E-state index in [0.717, 1.165) is 12.1 Å². The first kappa shape index (κ1) is 20.1. The summed E-state index contributed by atoms with van der Waals surface area (Å²) in [5, 5.41) is 11.5. The summed E-state index contributed by atoms with van der Waals surface area (Å²) in [6, 6.07) is 14.1. The third-order valence-electron chi connectivity index (χ3n) is 4.80. The molecular formula is C22H24ClN5O2. The summed E-state index contributed by atoms with van der Waals surface area (Å²) in [6.07, 6.45) is 3.75. The van der Waals surface area contributed by atoms with Crippen molar-refractivity contribution in [1.82, 2.24) is 20.4 Å². The van der Waals surface area contributed by atoms with Crippen molar-refractivity contribution in [2.24, 2.45) is 4.99 Å². The van der Waals surface area contributed by atoms with Crippen molar-refractivity contribution in [3.63, 3.8) is 0 Å². The first-order chi connectivity index (χ1) is 14.7. The summed E-state index contributed by atoms with van der Waals surface area (Å²) < 4.78 is 13.1. The number of guanidine groups is 1. The molecule has 0 saturated carbocycles. The van der Waals surface area contributed by atoms with Crippen molar-refractivity contribution in [1.29, 1.82) is 0 Å². The van der Waals surface area contributed by atoms with Crippen LogP contribution >= 0.6 is 11.6 Å². The van der Waals surface area contributed by atoms with Gasteiger partial charge in [0.15, 0.2) is 17.5 Å². The second-order valence-corrected chi connectivity index (χ2v) is 7.26. The lowest BCUT2D eigenvalue weighted by Crippen LogP contribution is -2.36. The van der Waals surface area contributed by atoms with Gasteiger partial charge in [-0.1, -0.05) is 35.9 Å². The van der Waals surface area contributed by atoms with Gasteiger partial charge in [0, 0.05) is 32.5 Å². The zero-order valence-electron chi connectivity index (χ0n) is 16.8. The van der Waals surface area contributed by atoms with Gasteiger partial charge in [0.2, 0.25) is 0 Å². The Morgan fingerprint density at radius 3 is 2.70 bits per heavy atom. The van der Waals surface area contributed by atoms with E-state index in [9.17, 15) is 0 Å². The molecule has 0 spiro atoms. The highest BCUT2D eigenvalue weighted by Crippen LogP contribution is 2.38. The molecule has 1 aliphatic heterocycles. The van der Waals surface area contributed by atoms with Crippen LogP contribution < -0.4 is 20.1 Å². The van der Waals surface area contributed by atoms with Crippen molar-refractivity contribution in [2.75, 3.05) is 20.3 Å². The van der Waals surface area contributed by atoms with E-state index in [4.69, 9.17) is 21.1 Å². The summed E-state index contributed by atoms with van der Waals surface area (Å²) >= 11 is 6.33. The topological polar surface area (TPSA) is 72.7 Å². The Labute approximate surface area is 180 Å². The van der Waals surface area contributed by atoms with Gasteiger partial charge < -0.3 is 20.1 Å². The first-order valence-electron chi connectivity index (χ1n) is 9.79. The number of fused-ring (bicyclic) bond motifs is 1. The van der Waals surface area contributed by atoms with Crippen LogP contribution in [0.2, 0.25) is 5.02 Å². The molecule has 7 nitrogen and oxygen atoms in total. The molecule has 0 fully saturated rings. The highest BCUT2D eigenvalue weighted by Gasteiger charge is 2.16. The van der Waals surface area contributed by atoms with E-state index in [1.165, 1.54) is 11.1 Å². The Hall–Kier alpha value is -3.19. The van der Waals surface area contributed by atoms with E-state index in [2.05, 4.69) is 32.9 Å². The number of ether oxygens (including phenoxy) is 2. The second kappa shape index (κ2) is 9.54. The van der Waals surface area contributed by atoms with Crippen LogP contribution in [-0.2, 0) is 19.6 Å². The van der Waals surface area contributed by atoms with Crippen LogP contribution in [0.1, 0.15) is 16.7 Å². The van der Waals surface area contributed by atoms with Gasteiger partial charge in [0.25, 0.3) is 0 Å². The van der Waals surface area contributed by atoms with Gasteiger partial charge in [-0.3, -0.25) is 9.67 Å². The van der Waals surface area contributed by atoms with E-state index in [1.54, 1.807) is 13.2 Å². The molecule has 2 aromatic carbocycles. The third-order valence-corrected chi connectivity index (χ3v) is 5.08. The Kier molecular flexibility index (Phi) is 6.39. The number of aliphatic imine (C=N–C) groups is 1. The fraction of sp³-hybridized carbons (Fsp3) is 0.273. The van der Waals surface area contributed by atoms with Gasteiger partial charge in [-0.25, -0.2) is 0 Å². The maximum Gasteiger partial charge on any atom is 0.191 e. The second-order valence-electron chi connectivity index (χ2n) is 6.85. The number of hydrogen-bond donors (Lipinski definition) is 2. The van der Waals surface area contributed by atoms with Gasteiger partial charge in [0.1, 0.15) is 13.2 Å². The van der Waals surface area contributed by atoms with Crippen molar-refractivity contribution >= 4 is 17.6 Å². The smallest absolute Gasteiger partial charge is 0.191 e. The maximum atomic E-state index is 6.33. The maximum absolute atomic E-state index is 6.33. The van der Waals surface area contributed by atoms with Crippen LogP contribution in [0.4, 0.5) is 0 Å². The molecule has 0 aliphatic carbocycles. The zero-order chi connectivity index (χ0) is 20.8. The minimum Gasteiger partial charge on any atom is -0.486 e. The van der Waals surface area contributed by atoms with Crippen molar-refractivity contribution < 1.29 is 9.47 Å². The molecule has 156 valence electrons. The van der Waals surface area contributed by atoms with Crippen molar-refractivity contribution in [3.05, 3.63) is 76.6 Å². The summed E-state index contributed by atoms with van der Waals surface area (Å²) in [6.45, 7) is 2.99. The van der Waals surface area contributed by atoms with Crippen LogP contribution in [0.3, 0.4) is 0 Å². The van der Waals surface area contributed by atoms with Gasteiger partial charge in [-0.2, -0.15) is 5.10 Å². The van der Waals surface area contributed by atoms with Crippen molar-refractivity contribution in [2.45, 2.75) is 19.6 Å².